The average molecular weight is 303 g/mol. The second-order valence-corrected chi connectivity index (χ2v) is 5.53. The van der Waals surface area contributed by atoms with Crippen molar-refractivity contribution in [1.29, 1.82) is 0 Å². The van der Waals surface area contributed by atoms with Gasteiger partial charge in [-0.3, -0.25) is 4.79 Å². The van der Waals surface area contributed by atoms with Crippen LogP contribution >= 0.6 is 12.4 Å². The summed E-state index contributed by atoms with van der Waals surface area (Å²) in [4.78, 5) is 13.9. The summed E-state index contributed by atoms with van der Waals surface area (Å²) >= 11 is 0. The lowest BCUT2D eigenvalue weighted by Crippen LogP contribution is -2.33. The Labute approximate surface area is 122 Å². The molecule has 20 heavy (non-hydrogen) atoms. The van der Waals surface area contributed by atoms with Gasteiger partial charge in [0.1, 0.15) is 11.6 Å². The molecule has 110 valence electrons. The minimum absolute atomic E-state index is 0. The molecule has 1 aromatic rings. The number of carbonyl (C=O) groups is 1. The molecule has 1 amide bonds. The Bertz CT molecular complexity index is 518. The Morgan fingerprint density at radius 2 is 2.10 bits per heavy atom. The monoisotopic (exact) mass is 302 g/mol. The number of rotatable bonds is 1. The van der Waals surface area contributed by atoms with Gasteiger partial charge in [-0.15, -0.1) is 12.4 Å². The zero-order chi connectivity index (χ0) is 13.5. The molecule has 2 aliphatic rings. The van der Waals surface area contributed by atoms with E-state index in [1.165, 1.54) is 0 Å². The van der Waals surface area contributed by atoms with Crippen LogP contribution in [0, 0.1) is 17.0 Å². The highest BCUT2D eigenvalue weighted by molar-refractivity contribution is 5.94. The molecule has 6 heteroatoms. The summed E-state index contributed by atoms with van der Waals surface area (Å²) in [5.74, 6) is -1.64. The fourth-order valence-electron chi connectivity index (χ4n) is 3.08. The molecule has 1 aromatic carbocycles. The van der Waals surface area contributed by atoms with Crippen LogP contribution in [0.15, 0.2) is 18.2 Å². The van der Waals surface area contributed by atoms with Crippen LogP contribution in [-0.2, 0) is 0 Å². The summed E-state index contributed by atoms with van der Waals surface area (Å²) in [7, 11) is 0. The maximum Gasteiger partial charge on any atom is 0.256 e. The Morgan fingerprint density at radius 1 is 1.30 bits per heavy atom. The first kappa shape index (κ1) is 15.2. The van der Waals surface area contributed by atoms with Crippen LogP contribution in [0.4, 0.5) is 8.78 Å². The number of amides is 1. The number of halogens is 3. The van der Waals surface area contributed by atoms with Crippen molar-refractivity contribution < 1.29 is 13.6 Å². The van der Waals surface area contributed by atoms with Gasteiger partial charge in [-0.25, -0.2) is 8.78 Å². The van der Waals surface area contributed by atoms with E-state index in [1.54, 1.807) is 4.90 Å². The van der Waals surface area contributed by atoms with Crippen molar-refractivity contribution in [3.05, 3.63) is 35.4 Å². The lowest BCUT2D eigenvalue weighted by Gasteiger charge is -2.22. The third-order valence-electron chi connectivity index (χ3n) is 4.22. The van der Waals surface area contributed by atoms with E-state index in [1.807, 2.05) is 0 Å². The number of carbonyl (C=O) groups excluding carboxylic acids is 1. The van der Waals surface area contributed by atoms with Crippen LogP contribution in [0.5, 0.6) is 0 Å². The van der Waals surface area contributed by atoms with Crippen molar-refractivity contribution in [3.8, 4) is 0 Å². The molecular weight excluding hydrogens is 286 g/mol. The number of nitrogens with zero attached hydrogens (tertiary/aromatic N) is 1. The maximum atomic E-state index is 13.6. The summed E-state index contributed by atoms with van der Waals surface area (Å²) in [6, 6.07) is 3.01. The van der Waals surface area contributed by atoms with E-state index >= 15 is 0 Å². The molecule has 2 fully saturated rings. The minimum Gasteiger partial charge on any atom is -0.338 e. The second-order valence-electron chi connectivity index (χ2n) is 5.53. The molecule has 0 aliphatic carbocycles. The predicted octanol–water partition coefficient (Wildman–Crippen LogP) is 2.21. The first-order chi connectivity index (χ1) is 9.10. The molecule has 0 aromatic heterocycles. The van der Waals surface area contributed by atoms with E-state index in [0.29, 0.717) is 13.1 Å². The minimum atomic E-state index is -0.656. The van der Waals surface area contributed by atoms with Crippen molar-refractivity contribution in [2.75, 3.05) is 26.2 Å². The SMILES string of the molecule is Cl.O=C(c1cc(F)ccc1F)N1CCC2(CCNC2)C1. The van der Waals surface area contributed by atoms with Gasteiger partial charge < -0.3 is 10.2 Å². The van der Waals surface area contributed by atoms with Crippen LogP contribution in [0.1, 0.15) is 23.2 Å². The fraction of sp³-hybridized carbons (Fsp3) is 0.500. The molecule has 3 nitrogen and oxygen atoms in total. The van der Waals surface area contributed by atoms with Crippen molar-refractivity contribution in [2.45, 2.75) is 12.8 Å². The number of benzene rings is 1. The van der Waals surface area contributed by atoms with Crippen molar-refractivity contribution in [1.82, 2.24) is 10.2 Å². The van der Waals surface area contributed by atoms with E-state index < -0.39 is 17.5 Å². The molecular formula is C14H17ClF2N2O. The zero-order valence-electron chi connectivity index (χ0n) is 11.0. The van der Waals surface area contributed by atoms with Gasteiger partial charge in [0, 0.05) is 25.0 Å². The topological polar surface area (TPSA) is 32.3 Å². The molecule has 2 heterocycles. The summed E-state index contributed by atoms with van der Waals surface area (Å²) < 4.78 is 26.8. The van der Waals surface area contributed by atoms with E-state index in [2.05, 4.69) is 5.32 Å². The summed E-state index contributed by atoms with van der Waals surface area (Å²) in [6.07, 6.45) is 1.98. The quantitative estimate of drug-likeness (QED) is 0.863. The zero-order valence-corrected chi connectivity index (χ0v) is 11.8. The van der Waals surface area contributed by atoms with Gasteiger partial charge in [-0.2, -0.15) is 0 Å². The molecule has 0 saturated carbocycles. The predicted molar refractivity (Wildman–Crippen MR) is 74.0 cm³/mol. The molecule has 2 saturated heterocycles. The largest absolute Gasteiger partial charge is 0.338 e. The lowest BCUT2D eigenvalue weighted by atomic mass is 9.86. The van der Waals surface area contributed by atoms with Gasteiger partial charge in [0.2, 0.25) is 0 Å². The summed E-state index contributed by atoms with van der Waals surface area (Å²) in [5, 5.41) is 3.30. The molecule has 1 unspecified atom stereocenters. The third-order valence-corrected chi connectivity index (χ3v) is 4.22. The maximum absolute atomic E-state index is 13.6. The molecule has 0 radical (unpaired) electrons. The Morgan fingerprint density at radius 3 is 2.80 bits per heavy atom. The smallest absolute Gasteiger partial charge is 0.256 e. The molecule has 1 N–H and O–H groups in total. The number of hydrogen-bond donors (Lipinski definition) is 1. The standard InChI is InChI=1S/C14H16F2N2O.ClH/c15-10-1-2-12(16)11(7-10)13(19)18-6-4-14(9-18)3-5-17-8-14;/h1-2,7,17H,3-6,8-9H2;1H. The van der Waals surface area contributed by atoms with Crippen LogP contribution in [0.2, 0.25) is 0 Å². The Hall–Kier alpha value is -1.20. The average Bonchev–Trinajstić information content (AvgIpc) is 3.03. The normalized spacial score (nSPS) is 25.0. The number of hydrogen-bond acceptors (Lipinski definition) is 2. The van der Waals surface area contributed by atoms with E-state index in [4.69, 9.17) is 0 Å². The van der Waals surface area contributed by atoms with Crippen LogP contribution in [-0.4, -0.2) is 37.0 Å². The van der Waals surface area contributed by atoms with Gasteiger partial charge in [0.15, 0.2) is 0 Å². The van der Waals surface area contributed by atoms with Gasteiger partial charge in [0.25, 0.3) is 5.91 Å². The van der Waals surface area contributed by atoms with Gasteiger partial charge in [-0.05, 0) is 37.6 Å². The van der Waals surface area contributed by atoms with Gasteiger partial charge in [0.05, 0.1) is 5.56 Å². The molecule has 3 rings (SSSR count). The molecule has 1 atom stereocenters. The van der Waals surface area contributed by atoms with Crippen LogP contribution in [0.25, 0.3) is 0 Å². The first-order valence-corrected chi connectivity index (χ1v) is 6.55. The lowest BCUT2D eigenvalue weighted by molar-refractivity contribution is 0.0770. The van der Waals surface area contributed by atoms with Gasteiger partial charge >= 0.3 is 0 Å². The van der Waals surface area contributed by atoms with E-state index in [9.17, 15) is 13.6 Å². The Balaban J connectivity index is 0.00000147. The number of likely N-dealkylation sites (tertiary alicyclic amines) is 1. The van der Waals surface area contributed by atoms with Crippen LogP contribution in [0.3, 0.4) is 0 Å². The van der Waals surface area contributed by atoms with E-state index in [-0.39, 0.29) is 23.4 Å². The highest BCUT2D eigenvalue weighted by Gasteiger charge is 2.42. The summed E-state index contributed by atoms with van der Waals surface area (Å²) in [5.41, 5.74) is -0.0255. The summed E-state index contributed by atoms with van der Waals surface area (Å²) in [6.45, 7) is 3.13. The highest BCUT2D eigenvalue weighted by Crippen LogP contribution is 2.36. The van der Waals surface area contributed by atoms with E-state index in [0.717, 1.165) is 44.1 Å². The van der Waals surface area contributed by atoms with Crippen molar-refractivity contribution in [3.63, 3.8) is 0 Å². The van der Waals surface area contributed by atoms with Crippen molar-refractivity contribution >= 4 is 18.3 Å². The first-order valence-electron chi connectivity index (χ1n) is 6.55. The highest BCUT2D eigenvalue weighted by atomic mass is 35.5. The molecule has 0 bridgehead atoms. The molecule has 1 spiro atoms. The van der Waals surface area contributed by atoms with Crippen LogP contribution < -0.4 is 5.32 Å². The second kappa shape index (κ2) is 5.66. The number of nitrogens with one attached hydrogen (secondary N) is 1. The van der Waals surface area contributed by atoms with Gasteiger partial charge in [-0.1, -0.05) is 0 Å². The fourth-order valence-corrected chi connectivity index (χ4v) is 3.08. The third kappa shape index (κ3) is 2.65. The molecule has 2 aliphatic heterocycles. The van der Waals surface area contributed by atoms with Crippen molar-refractivity contribution in [2.24, 2.45) is 5.41 Å². The Kier molecular flexibility index (Phi) is 4.30.